The van der Waals surface area contributed by atoms with Crippen LogP contribution in [-0.4, -0.2) is 39.9 Å². The van der Waals surface area contributed by atoms with Gasteiger partial charge in [-0.15, -0.1) is 0 Å². The van der Waals surface area contributed by atoms with Crippen LogP contribution < -0.4 is 0 Å². The van der Waals surface area contributed by atoms with E-state index in [1.807, 2.05) is 0 Å². The Hall–Kier alpha value is -0.870. The quantitative estimate of drug-likeness (QED) is 0.196. The third kappa shape index (κ3) is 11.4. The van der Waals surface area contributed by atoms with Crippen molar-refractivity contribution >= 4 is 5.91 Å². The minimum Gasteiger partial charge on any atom is -0.393 e. The molecular weight excluding hydrogens is 410 g/mol. The van der Waals surface area contributed by atoms with Gasteiger partial charge in [-0.05, 0) is 44.9 Å². The van der Waals surface area contributed by atoms with Gasteiger partial charge in [-0.3, -0.25) is 4.79 Å². The number of nitrogens with zero attached hydrogens (tertiary/aromatic N) is 1. The van der Waals surface area contributed by atoms with E-state index in [-0.39, 0.29) is 12.0 Å². The fourth-order valence-corrected chi connectivity index (χ4v) is 5.55. The number of hydrogen-bond acceptors (Lipinski definition) is 3. The van der Waals surface area contributed by atoms with Crippen LogP contribution in [0.15, 0.2) is 11.1 Å². The lowest BCUT2D eigenvalue weighted by Gasteiger charge is -2.36. The summed E-state index contributed by atoms with van der Waals surface area (Å²) in [5.74, 6) is 0.106. The molecule has 1 aliphatic carbocycles. The average Bonchev–Trinajstić information content (AvgIpc) is 2.81. The summed E-state index contributed by atoms with van der Waals surface area (Å²) in [6.45, 7) is 2.96. The lowest BCUT2D eigenvalue weighted by molar-refractivity contribution is -0.139. The van der Waals surface area contributed by atoms with E-state index in [9.17, 15) is 15.0 Å². The summed E-state index contributed by atoms with van der Waals surface area (Å²) in [5, 5.41) is 20.6. The molecule has 2 aliphatic rings. The zero-order chi connectivity index (χ0) is 23.7. The molecule has 4 nitrogen and oxygen atoms in total. The van der Waals surface area contributed by atoms with Crippen molar-refractivity contribution in [2.45, 2.75) is 161 Å². The summed E-state index contributed by atoms with van der Waals surface area (Å²) in [6, 6.07) is 0. The molecule has 0 aromatic carbocycles. The third-order valence-corrected chi connectivity index (χ3v) is 7.72. The zero-order valence-electron chi connectivity index (χ0n) is 21.7. The Bertz CT molecular complexity index is 559. The first-order chi connectivity index (χ1) is 16.1. The number of carbonyl (C=O) groups is 1. The number of unbranched alkanes of at least 4 members (excludes halogenated alkanes) is 13. The van der Waals surface area contributed by atoms with Gasteiger partial charge in [0, 0.05) is 18.5 Å². The molecular formula is C29H53NO3. The summed E-state index contributed by atoms with van der Waals surface area (Å²) >= 11 is 0. The van der Waals surface area contributed by atoms with Gasteiger partial charge < -0.3 is 15.1 Å². The van der Waals surface area contributed by atoms with Crippen LogP contribution in [0.4, 0.5) is 0 Å². The number of carbonyl (C=O) groups excluding carboxylic acids is 1. The average molecular weight is 464 g/mol. The SMILES string of the molecule is CCCCCCCCCCC(O)CCCCCCCCCN1C(=O)C2=C(CCCC2)CC1O. The number of aliphatic hydroxyl groups is 2. The Morgan fingerprint density at radius 1 is 0.788 bits per heavy atom. The van der Waals surface area contributed by atoms with Crippen molar-refractivity contribution in [3.05, 3.63) is 11.1 Å². The van der Waals surface area contributed by atoms with Gasteiger partial charge in [0.2, 0.25) is 0 Å². The largest absolute Gasteiger partial charge is 0.393 e. The molecule has 2 rings (SSSR count). The normalized spacial score (nSPS) is 19.8. The molecule has 2 unspecified atom stereocenters. The predicted molar refractivity (Wildman–Crippen MR) is 138 cm³/mol. The number of amides is 1. The summed E-state index contributed by atoms with van der Waals surface area (Å²) in [6.07, 6.45) is 24.9. The first-order valence-corrected chi connectivity index (χ1v) is 14.5. The molecule has 2 atom stereocenters. The molecule has 0 saturated carbocycles. The van der Waals surface area contributed by atoms with Gasteiger partial charge >= 0.3 is 0 Å². The van der Waals surface area contributed by atoms with Gasteiger partial charge in [-0.25, -0.2) is 0 Å². The molecule has 0 saturated heterocycles. The van der Waals surface area contributed by atoms with E-state index in [1.54, 1.807) is 4.90 Å². The molecule has 4 heteroatoms. The first-order valence-electron chi connectivity index (χ1n) is 14.5. The smallest absolute Gasteiger partial charge is 0.251 e. The second-order valence-electron chi connectivity index (χ2n) is 10.7. The van der Waals surface area contributed by atoms with Crippen LogP contribution in [-0.2, 0) is 4.79 Å². The molecule has 0 aromatic heterocycles. The van der Waals surface area contributed by atoms with Crippen molar-refractivity contribution in [2.24, 2.45) is 0 Å². The number of hydrogen-bond donors (Lipinski definition) is 2. The Balaban J connectivity index is 1.38. The van der Waals surface area contributed by atoms with Crippen LogP contribution in [0.2, 0.25) is 0 Å². The first kappa shape index (κ1) is 28.4. The zero-order valence-corrected chi connectivity index (χ0v) is 21.7. The maximum atomic E-state index is 12.7. The van der Waals surface area contributed by atoms with E-state index in [4.69, 9.17) is 0 Å². The van der Waals surface area contributed by atoms with E-state index < -0.39 is 6.23 Å². The molecule has 0 aromatic rings. The van der Waals surface area contributed by atoms with E-state index in [2.05, 4.69) is 6.92 Å². The second kappa shape index (κ2) is 17.5. The van der Waals surface area contributed by atoms with Crippen LogP contribution in [0.5, 0.6) is 0 Å². The molecule has 1 amide bonds. The summed E-state index contributed by atoms with van der Waals surface area (Å²) in [4.78, 5) is 14.4. The van der Waals surface area contributed by atoms with Crippen LogP contribution in [0.25, 0.3) is 0 Å². The van der Waals surface area contributed by atoms with Crippen molar-refractivity contribution in [1.29, 1.82) is 0 Å². The minimum absolute atomic E-state index is 0.0987. The summed E-state index contributed by atoms with van der Waals surface area (Å²) in [5.41, 5.74) is 2.23. The third-order valence-electron chi connectivity index (χ3n) is 7.72. The summed E-state index contributed by atoms with van der Waals surface area (Å²) in [7, 11) is 0. The Kier molecular flexibility index (Phi) is 15.1. The highest BCUT2D eigenvalue weighted by atomic mass is 16.3. The topological polar surface area (TPSA) is 60.8 Å². The Morgan fingerprint density at radius 2 is 1.30 bits per heavy atom. The van der Waals surface area contributed by atoms with E-state index >= 15 is 0 Å². The molecule has 192 valence electrons. The van der Waals surface area contributed by atoms with Gasteiger partial charge in [0.05, 0.1) is 6.10 Å². The fourth-order valence-electron chi connectivity index (χ4n) is 5.55. The molecule has 0 bridgehead atoms. The fraction of sp³-hybridized carbons (Fsp3) is 0.897. The van der Waals surface area contributed by atoms with Crippen molar-refractivity contribution in [3.8, 4) is 0 Å². The van der Waals surface area contributed by atoms with Crippen LogP contribution in [0, 0.1) is 0 Å². The van der Waals surface area contributed by atoms with E-state index in [0.717, 1.165) is 63.4 Å². The van der Waals surface area contributed by atoms with Gasteiger partial charge in [-0.1, -0.05) is 102 Å². The monoisotopic (exact) mass is 463 g/mol. The van der Waals surface area contributed by atoms with E-state index in [1.165, 1.54) is 82.6 Å². The lowest BCUT2D eigenvalue weighted by atomic mass is 9.86. The number of rotatable bonds is 19. The van der Waals surface area contributed by atoms with Gasteiger partial charge in [-0.2, -0.15) is 0 Å². The molecule has 2 N–H and O–H groups in total. The molecule has 1 heterocycles. The predicted octanol–water partition coefficient (Wildman–Crippen LogP) is 7.42. The molecule has 0 spiro atoms. The molecule has 33 heavy (non-hydrogen) atoms. The van der Waals surface area contributed by atoms with Crippen LogP contribution in [0.3, 0.4) is 0 Å². The lowest BCUT2D eigenvalue weighted by Crippen LogP contribution is -2.45. The van der Waals surface area contributed by atoms with Crippen molar-refractivity contribution < 1.29 is 15.0 Å². The Morgan fingerprint density at radius 3 is 1.91 bits per heavy atom. The molecule has 0 fully saturated rings. The highest BCUT2D eigenvalue weighted by molar-refractivity contribution is 5.95. The Labute approximate surface area is 204 Å². The van der Waals surface area contributed by atoms with Crippen LogP contribution in [0.1, 0.15) is 148 Å². The standard InChI is InChI=1S/C29H53NO3/c1-2-3-4-5-6-8-11-14-20-26(31)21-15-12-9-7-10-13-18-23-30-28(32)24-25-19-16-17-22-27(25)29(30)33/h26,28,31-32H,2-24H2,1H3. The van der Waals surface area contributed by atoms with Crippen molar-refractivity contribution in [1.82, 2.24) is 4.90 Å². The van der Waals surface area contributed by atoms with Gasteiger partial charge in [0.25, 0.3) is 5.91 Å². The highest BCUT2D eigenvalue weighted by Gasteiger charge is 2.33. The highest BCUT2D eigenvalue weighted by Crippen LogP contribution is 2.34. The number of aliphatic hydroxyl groups excluding tert-OH is 2. The van der Waals surface area contributed by atoms with Gasteiger partial charge in [0.15, 0.2) is 0 Å². The molecule has 0 radical (unpaired) electrons. The van der Waals surface area contributed by atoms with Gasteiger partial charge in [0.1, 0.15) is 6.23 Å². The summed E-state index contributed by atoms with van der Waals surface area (Å²) < 4.78 is 0. The second-order valence-corrected chi connectivity index (χ2v) is 10.7. The van der Waals surface area contributed by atoms with Crippen molar-refractivity contribution in [2.75, 3.05) is 6.54 Å². The van der Waals surface area contributed by atoms with E-state index in [0.29, 0.717) is 13.0 Å². The van der Waals surface area contributed by atoms with Crippen LogP contribution >= 0.6 is 0 Å². The maximum Gasteiger partial charge on any atom is 0.251 e. The minimum atomic E-state index is -0.605. The molecule has 1 aliphatic heterocycles. The maximum absolute atomic E-state index is 12.7. The van der Waals surface area contributed by atoms with Crippen molar-refractivity contribution in [3.63, 3.8) is 0 Å².